The molecule has 49 heavy (non-hydrogen) atoms. The summed E-state index contributed by atoms with van der Waals surface area (Å²) in [6.07, 6.45) is 1.92. The summed E-state index contributed by atoms with van der Waals surface area (Å²) in [4.78, 5) is 67.3. The number of nitrogens with one attached hydrogen (secondary N) is 3. The lowest BCUT2D eigenvalue weighted by molar-refractivity contribution is -0.129. The molecule has 0 saturated heterocycles. The molecule has 3 N–H and O–H groups in total. The van der Waals surface area contributed by atoms with Crippen molar-refractivity contribution in [2.45, 2.75) is 24.8 Å². The number of ether oxygens (including phenoxy) is 1. The number of esters is 1. The maximum Gasteiger partial charge on any atom is 0.341 e. The van der Waals surface area contributed by atoms with E-state index in [9.17, 15) is 24.0 Å². The SMILES string of the molecule is COC(=O)c1c(NC(=O)CSc2cccc(NC(=O)/C(=C\c3cccc(Cl)c3Cl)NC(=O)c3ccccc3)c2)sc2c1CCN(C(C)=O)C2. The third-order valence-corrected chi connectivity index (χ3v) is 10.4. The molecule has 0 unspecified atom stereocenters. The van der Waals surface area contributed by atoms with Gasteiger partial charge in [-0.25, -0.2) is 4.79 Å². The summed E-state index contributed by atoms with van der Waals surface area (Å²) < 4.78 is 4.99. The Morgan fingerprint density at radius 3 is 2.47 bits per heavy atom. The summed E-state index contributed by atoms with van der Waals surface area (Å²) >= 11 is 15.0. The van der Waals surface area contributed by atoms with Crippen LogP contribution in [0.2, 0.25) is 10.0 Å². The highest BCUT2D eigenvalue weighted by atomic mass is 35.5. The molecule has 3 aromatic carbocycles. The van der Waals surface area contributed by atoms with Crippen LogP contribution in [0.5, 0.6) is 0 Å². The van der Waals surface area contributed by atoms with Gasteiger partial charge >= 0.3 is 5.97 Å². The average molecular weight is 738 g/mol. The standard InChI is InChI=1S/C35H30Cl2N4O6S2/c1-20(42)41-15-14-25-28(18-41)49-34(30(25)35(46)47-2)40-29(43)19-48-24-12-7-11-23(17-24)38-33(45)27(16-22-10-6-13-26(36)31(22)37)39-32(44)21-8-4-3-5-9-21/h3-13,16-17H,14-15,18-19H2,1-2H3,(H,38,45)(H,39,44)(H,40,43)/b27-16+. The van der Waals surface area contributed by atoms with Gasteiger partial charge in [0, 0.05) is 34.5 Å². The number of thioether (sulfide) groups is 1. The second kappa shape index (κ2) is 16.2. The molecule has 1 aliphatic heterocycles. The van der Waals surface area contributed by atoms with Crippen molar-refractivity contribution >= 4 is 92.7 Å². The van der Waals surface area contributed by atoms with E-state index < -0.39 is 17.8 Å². The molecule has 0 atom stereocenters. The molecule has 4 aromatic rings. The first-order valence-corrected chi connectivity index (χ1v) is 17.4. The number of carbonyl (C=O) groups is 5. The van der Waals surface area contributed by atoms with E-state index in [1.165, 1.54) is 43.2 Å². The molecule has 0 spiro atoms. The molecule has 14 heteroatoms. The number of thiophene rings is 1. The molecule has 4 amide bonds. The van der Waals surface area contributed by atoms with Crippen LogP contribution in [-0.2, 0) is 32.1 Å². The number of rotatable bonds is 10. The molecule has 1 aliphatic rings. The van der Waals surface area contributed by atoms with Crippen LogP contribution in [0.15, 0.2) is 83.4 Å². The first-order valence-electron chi connectivity index (χ1n) is 14.9. The fourth-order valence-electron chi connectivity index (χ4n) is 4.98. The normalized spacial score (nSPS) is 12.5. The van der Waals surface area contributed by atoms with Crippen molar-refractivity contribution in [1.82, 2.24) is 10.2 Å². The maximum absolute atomic E-state index is 13.5. The van der Waals surface area contributed by atoms with Gasteiger partial charge in [-0.2, -0.15) is 0 Å². The van der Waals surface area contributed by atoms with Gasteiger partial charge in [0.1, 0.15) is 10.7 Å². The molecule has 0 fully saturated rings. The van der Waals surface area contributed by atoms with Gasteiger partial charge in [-0.15, -0.1) is 23.1 Å². The van der Waals surface area contributed by atoms with E-state index in [0.717, 1.165) is 10.4 Å². The highest BCUT2D eigenvalue weighted by molar-refractivity contribution is 8.00. The minimum absolute atomic E-state index is 0.00566. The number of methoxy groups -OCH3 is 1. The van der Waals surface area contributed by atoms with Crippen LogP contribution < -0.4 is 16.0 Å². The Bertz CT molecular complexity index is 1960. The largest absolute Gasteiger partial charge is 0.465 e. The lowest BCUT2D eigenvalue weighted by atomic mass is 10.0. The van der Waals surface area contributed by atoms with Crippen LogP contribution in [0.4, 0.5) is 10.7 Å². The maximum atomic E-state index is 13.5. The number of anilines is 2. The minimum Gasteiger partial charge on any atom is -0.465 e. The predicted octanol–water partition coefficient (Wildman–Crippen LogP) is 6.89. The van der Waals surface area contributed by atoms with E-state index in [4.69, 9.17) is 27.9 Å². The third-order valence-electron chi connectivity index (χ3n) is 7.42. The lowest BCUT2D eigenvalue weighted by Crippen LogP contribution is -2.33. The molecule has 0 aliphatic carbocycles. The molecular formula is C35H30Cl2N4O6S2. The van der Waals surface area contributed by atoms with Crippen molar-refractivity contribution in [2.75, 3.05) is 30.0 Å². The van der Waals surface area contributed by atoms with Gasteiger partial charge < -0.3 is 25.6 Å². The highest BCUT2D eigenvalue weighted by Gasteiger charge is 2.30. The molecule has 1 aromatic heterocycles. The van der Waals surface area contributed by atoms with E-state index in [-0.39, 0.29) is 33.3 Å². The topological polar surface area (TPSA) is 134 Å². The Hall–Kier alpha value is -4.62. The van der Waals surface area contributed by atoms with E-state index in [1.54, 1.807) is 77.7 Å². The van der Waals surface area contributed by atoms with E-state index in [2.05, 4.69) is 16.0 Å². The summed E-state index contributed by atoms with van der Waals surface area (Å²) in [5.74, 6) is -2.06. The minimum atomic E-state index is -0.611. The van der Waals surface area contributed by atoms with Gasteiger partial charge in [-0.3, -0.25) is 19.2 Å². The Kier molecular flexibility index (Phi) is 11.8. The van der Waals surface area contributed by atoms with Crippen molar-refractivity contribution in [3.63, 3.8) is 0 Å². The number of hydrogen-bond acceptors (Lipinski definition) is 8. The molecule has 0 saturated carbocycles. The number of nitrogens with zero attached hydrogens (tertiary/aromatic N) is 1. The van der Waals surface area contributed by atoms with Gasteiger partial charge in [-0.05, 0) is 60.0 Å². The van der Waals surface area contributed by atoms with E-state index >= 15 is 0 Å². The zero-order valence-corrected chi connectivity index (χ0v) is 29.4. The van der Waals surface area contributed by atoms with Crippen molar-refractivity contribution in [2.24, 2.45) is 0 Å². The van der Waals surface area contributed by atoms with Gasteiger partial charge in [0.25, 0.3) is 11.8 Å². The Morgan fingerprint density at radius 2 is 1.73 bits per heavy atom. The van der Waals surface area contributed by atoms with Gasteiger partial charge in [0.05, 0.1) is 35.0 Å². The van der Waals surface area contributed by atoms with Crippen LogP contribution in [0.3, 0.4) is 0 Å². The summed E-state index contributed by atoms with van der Waals surface area (Å²) in [5.41, 5.74) is 2.24. The van der Waals surface area contributed by atoms with Crippen LogP contribution >= 0.6 is 46.3 Å². The molecule has 5 rings (SSSR count). The third kappa shape index (κ3) is 8.90. The Morgan fingerprint density at radius 1 is 0.980 bits per heavy atom. The molecule has 2 heterocycles. The second-order valence-corrected chi connectivity index (χ2v) is 13.7. The summed E-state index contributed by atoms with van der Waals surface area (Å²) in [7, 11) is 1.28. The zero-order chi connectivity index (χ0) is 35.1. The fraction of sp³-hybridized carbons (Fsp3) is 0.171. The van der Waals surface area contributed by atoms with Crippen molar-refractivity contribution in [3.8, 4) is 0 Å². The summed E-state index contributed by atoms with van der Waals surface area (Å²) in [5, 5.41) is 9.20. The monoisotopic (exact) mass is 736 g/mol. The van der Waals surface area contributed by atoms with Crippen molar-refractivity contribution in [1.29, 1.82) is 0 Å². The van der Waals surface area contributed by atoms with Crippen LogP contribution in [-0.4, -0.2) is 53.9 Å². The average Bonchev–Trinajstić information content (AvgIpc) is 3.46. The summed E-state index contributed by atoms with van der Waals surface area (Å²) in [6.45, 7) is 2.34. The van der Waals surface area contributed by atoms with Gasteiger partial charge in [0.2, 0.25) is 11.8 Å². The number of benzene rings is 3. The van der Waals surface area contributed by atoms with E-state index in [1.807, 2.05) is 0 Å². The van der Waals surface area contributed by atoms with E-state index in [0.29, 0.717) is 51.8 Å². The molecule has 0 radical (unpaired) electrons. The lowest BCUT2D eigenvalue weighted by Gasteiger charge is -2.25. The van der Waals surface area contributed by atoms with Crippen molar-refractivity contribution < 1.29 is 28.7 Å². The number of carbonyl (C=O) groups excluding carboxylic acids is 5. The zero-order valence-electron chi connectivity index (χ0n) is 26.3. The fourth-order valence-corrected chi connectivity index (χ4v) is 7.37. The number of halogens is 2. The van der Waals surface area contributed by atoms with Crippen LogP contribution in [0, 0.1) is 0 Å². The quantitative estimate of drug-likeness (QED) is 0.0918. The first kappa shape index (κ1) is 35.7. The smallest absolute Gasteiger partial charge is 0.341 e. The second-order valence-electron chi connectivity index (χ2n) is 10.7. The van der Waals surface area contributed by atoms with Crippen LogP contribution in [0.25, 0.3) is 6.08 Å². The molecule has 252 valence electrons. The van der Waals surface area contributed by atoms with Crippen LogP contribution in [0.1, 0.15) is 43.6 Å². The Labute approximate surface area is 300 Å². The predicted molar refractivity (Wildman–Crippen MR) is 193 cm³/mol. The number of amides is 4. The highest BCUT2D eigenvalue weighted by Crippen LogP contribution is 2.38. The molecule has 10 nitrogen and oxygen atoms in total. The van der Waals surface area contributed by atoms with Crippen molar-refractivity contribution in [3.05, 3.63) is 116 Å². The first-order chi connectivity index (χ1) is 23.5. The molecular weight excluding hydrogens is 707 g/mol. The summed E-state index contributed by atoms with van der Waals surface area (Å²) in [6, 6.07) is 20.3. The number of hydrogen-bond donors (Lipinski definition) is 3. The van der Waals surface area contributed by atoms with Gasteiger partial charge in [0.15, 0.2) is 0 Å². The number of fused-ring (bicyclic) bond motifs is 1. The molecule has 0 bridgehead atoms. The van der Waals surface area contributed by atoms with Gasteiger partial charge in [-0.1, -0.05) is 59.6 Å². The Balaban J connectivity index is 1.28.